The summed E-state index contributed by atoms with van der Waals surface area (Å²) in [5.41, 5.74) is 0. The number of rotatable bonds is 12. The van der Waals surface area contributed by atoms with Crippen molar-refractivity contribution in [2.45, 2.75) is 11.8 Å². The third kappa shape index (κ3) is 4.67. The molecule has 0 rings (SSSR count). The van der Waals surface area contributed by atoms with Gasteiger partial charge in [-0.2, -0.15) is 0 Å². The highest BCUT2D eigenvalue weighted by molar-refractivity contribution is 5.77. The Morgan fingerprint density at radius 2 is 1.05 bits per heavy atom. The highest BCUT2D eigenvalue weighted by atomic mass is 19.2. The number of carboxylic acids is 1. The number of hydrogen-bond donors (Lipinski definition) is 1. The summed E-state index contributed by atoms with van der Waals surface area (Å²) in [6, 6.07) is 0. The van der Waals surface area contributed by atoms with E-state index in [0.29, 0.717) is 0 Å². The number of carbonyl (C=O) groups is 1. The minimum Gasteiger partial charge on any atom is -0.477 e. The van der Waals surface area contributed by atoms with Crippen LogP contribution >= 0.6 is 0 Å². The van der Waals surface area contributed by atoms with Crippen molar-refractivity contribution >= 4 is 5.97 Å². The molecule has 0 atom stereocenters. The Morgan fingerprint density at radius 1 is 0.762 bits per heavy atom. The third-order valence-corrected chi connectivity index (χ3v) is 1.93. The van der Waals surface area contributed by atoms with Crippen LogP contribution in [-0.4, -0.2) is 57.1 Å². The smallest absolute Gasteiger partial charge is 0.373 e. The number of alkyl halides is 5. The van der Waals surface area contributed by atoms with E-state index >= 15 is 0 Å². The molecule has 1 N–H and O–H groups in total. The molecule has 0 unspecified atom stereocenters. The molecule has 0 radical (unpaired) electrons. The van der Waals surface area contributed by atoms with E-state index in [2.05, 4.69) is 23.7 Å². The van der Waals surface area contributed by atoms with E-state index in [-0.39, 0.29) is 4.70 Å². The number of hydrogen-bond acceptors (Lipinski definition) is 6. The van der Waals surface area contributed by atoms with Gasteiger partial charge < -0.3 is 14.6 Å². The van der Waals surface area contributed by atoms with Gasteiger partial charge in [-0.25, -0.2) is 26.7 Å². The predicted octanol–water partition coefficient (Wildman–Crippen LogP) is 1.29. The second-order valence-corrected chi connectivity index (χ2v) is 2.75. The van der Waals surface area contributed by atoms with Crippen molar-refractivity contribution in [3.8, 4) is 0 Å². The zero-order valence-electron chi connectivity index (χ0n) is 10.2. The fourth-order valence-electron chi connectivity index (χ4n) is 1.25. The van der Waals surface area contributed by atoms with Gasteiger partial charge in [-0.1, -0.05) is 0 Å². The fourth-order valence-corrected chi connectivity index (χ4v) is 1.25. The zero-order chi connectivity index (χ0) is 15.6. The van der Waals surface area contributed by atoms with Crippen LogP contribution in [-0.2, 0) is 28.5 Å². The van der Waals surface area contributed by atoms with Crippen molar-refractivity contribution in [1.29, 1.82) is 0 Å². The van der Waals surface area contributed by atoms with Gasteiger partial charge in [0.05, 0.1) is 0 Å². The minimum atomic E-state index is -3.65. The van der Waals surface area contributed by atoms with Crippen LogP contribution in [0.5, 0.6) is 0 Å². The van der Waals surface area contributed by atoms with Crippen molar-refractivity contribution in [2.24, 2.45) is 0 Å². The van der Waals surface area contributed by atoms with Crippen LogP contribution in [0.4, 0.5) is 26.7 Å². The van der Waals surface area contributed by atoms with Gasteiger partial charge in [0.15, 0.2) is 34.3 Å². The van der Waals surface area contributed by atoms with E-state index in [0.717, 1.165) is 0 Å². The maximum Gasteiger partial charge on any atom is 0.373 e. The van der Waals surface area contributed by atoms with Crippen LogP contribution in [0.15, 0.2) is 0 Å². The first kappa shape index (κ1) is 22.1. The topological polar surface area (TPSA) is 83.5 Å². The van der Waals surface area contributed by atoms with Crippen LogP contribution in [0.25, 0.3) is 0 Å². The van der Waals surface area contributed by atoms with Crippen molar-refractivity contribution < 1.29 is 60.2 Å². The average molecular weight is 334 g/mol. The SMILES string of the molecule is F.O=C(O)C(OCF)(OCF)C(OCF)(OCF)OCF. The summed E-state index contributed by atoms with van der Waals surface area (Å²) in [4.78, 5) is 11.1. The maximum absolute atomic E-state index is 12.3. The van der Waals surface area contributed by atoms with Gasteiger partial charge in [0.25, 0.3) is 0 Å². The molecule has 0 fully saturated rings. The van der Waals surface area contributed by atoms with Crippen LogP contribution < -0.4 is 0 Å². The molecule has 13 heteroatoms. The molecule has 0 aromatic rings. The van der Waals surface area contributed by atoms with Crippen molar-refractivity contribution in [1.82, 2.24) is 0 Å². The molecule has 0 aromatic heterocycles. The Balaban J connectivity index is 0. The van der Waals surface area contributed by atoms with Crippen molar-refractivity contribution in [3.63, 3.8) is 0 Å². The van der Waals surface area contributed by atoms with E-state index in [1.165, 1.54) is 0 Å². The molecule has 0 amide bonds. The lowest BCUT2D eigenvalue weighted by Gasteiger charge is -2.41. The highest BCUT2D eigenvalue weighted by Gasteiger charge is 2.66. The molecule has 0 aliphatic heterocycles. The van der Waals surface area contributed by atoms with Gasteiger partial charge in [-0.15, -0.1) is 0 Å². The predicted molar refractivity (Wildman–Crippen MR) is 50.9 cm³/mol. The number of halogens is 6. The molecule has 21 heavy (non-hydrogen) atoms. The summed E-state index contributed by atoms with van der Waals surface area (Å²) in [6.45, 7) is -9.58. The van der Waals surface area contributed by atoms with Gasteiger partial charge in [-0.3, -0.25) is 18.9 Å². The van der Waals surface area contributed by atoms with Gasteiger partial charge in [-0.05, 0) is 0 Å². The molecule has 0 saturated carbocycles. The summed E-state index contributed by atoms with van der Waals surface area (Å²) in [5, 5.41) is 8.91. The Morgan fingerprint density at radius 3 is 1.24 bits per heavy atom. The van der Waals surface area contributed by atoms with Crippen LogP contribution in [0.3, 0.4) is 0 Å². The van der Waals surface area contributed by atoms with Crippen LogP contribution in [0.1, 0.15) is 0 Å². The molecule has 0 aliphatic rings. The Labute approximate surface area is 113 Å². The summed E-state index contributed by atoms with van der Waals surface area (Å²) in [5.74, 6) is -9.56. The zero-order valence-corrected chi connectivity index (χ0v) is 10.2. The second kappa shape index (κ2) is 10.6. The van der Waals surface area contributed by atoms with Crippen molar-refractivity contribution in [3.05, 3.63) is 0 Å². The number of aliphatic carboxylic acids is 1. The summed E-state index contributed by atoms with van der Waals surface area (Å²) >= 11 is 0. The Hall–Kier alpha value is -1.15. The normalized spacial score (nSPS) is 12.0. The monoisotopic (exact) mass is 334 g/mol. The van der Waals surface area contributed by atoms with E-state index < -0.39 is 52.0 Å². The lowest BCUT2D eigenvalue weighted by Crippen LogP contribution is -2.66. The lowest BCUT2D eigenvalue weighted by atomic mass is 10.2. The molecule has 7 nitrogen and oxygen atoms in total. The average Bonchev–Trinajstić information content (AvgIpc) is 2.38. The summed E-state index contributed by atoms with van der Waals surface area (Å²) in [6.07, 6.45) is 0. The molecule has 128 valence electrons. The first-order valence-electron chi connectivity index (χ1n) is 4.73. The lowest BCUT2D eigenvalue weighted by molar-refractivity contribution is -0.503. The van der Waals surface area contributed by atoms with Gasteiger partial charge >= 0.3 is 17.7 Å². The quantitative estimate of drug-likeness (QED) is 0.425. The first-order valence-corrected chi connectivity index (χ1v) is 4.73. The molecule has 0 spiro atoms. The maximum atomic E-state index is 12.3. The summed E-state index contributed by atoms with van der Waals surface area (Å²) < 4.78 is 81.3. The largest absolute Gasteiger partial charge is 0.477 e. The molecule has 0 bridgehead atoms. The third-order valence-electron chi connectivity index (χ3n) is 1.93. The fraction of sp³-hybridized carbons (Fsp3) is 0.875. The minimum absolute atomic E-state index is 0. The van der Waals surface area contributed by atoms with Crippen LogP contribution in [0, 0.1) is 0 Å². The van der Waals surface area contributed by atoms with Gasteiger partial charge in [0, 0.05) is 0 Å². The first-order chi connectivity index (χ1) is 9.50. The molecule has 0 heterocycles. The molecular weight excluding hydrogens is 322 g/mol. The standard InChI is InChI=1S/C8H11F5O7.FH/c9-1-16-7(6(14)15,17-2-10)8(18-3-11,19-4-12)20-5-13;/h1-5H2,(H,14,15);1H. The van der Waals surface area contributed by atoms with Gasteiger partial charge in [0.1, 0.15) is 0 Å². The molecule has 0 saturated heterocycles. The second-order valence-electron chi connectivity index (χ2n) is 2.75. The molecule has 0 aliphatic carbocycles. The Kier molecular flexibility index (Phi) is 11.1. The van der Waals surface area contributed by atoms with Gasteiger partial charge in [0.2, 0.25) is 0 Å². The van der Waals surface area contributed by atoms with E-state index in [4.69, 9.17) is 5.11 Å². The highest BCUT2D eigenvalue weighted by Crippen LogP contribution is 2.35. The number of carboxylic acid groups (broad SMARTS) is 1. The number of ether oxygens (including phenoxy) is 5. The van der Waals surface area contributed by atoms with E-state index in [9.17, 15) is 26.7 Å². The van der Waals surface area contributed by atoms with E-state index in [1.54, 1.807) is 0 Å². The van der Waals surface area contributed by atoms with Crippen LogP contribution in [0.2, 0.25) is 0 Å². The summed E-state index contributed by atoms with van der Waals surface area (Å²) in [7, 11) is 0. The van der Waals surface area contributed by atoms with Crippen molar-refractivity contribution in [2.75, 3.05) is 34.3 Å². The molecule has 0 aromatic carbocycles. The molecular formula is C8H12F6O7. The Bertz CT molecular complexity index is 271. The van der Waals surface area contributed by atoms with E-state index in [1.807, 2.05) is 0 Å².